The lowest BCUT2D eigenvalue weighted by atomic mass is 10.2. The van der Waals surface area contributed by atoms with Gasteiger partial charge in [0.15, 0.2) is 0 Å². The fraction of sp³-hybridized carbons (Fsp3) is 0.333. The summed E-state index contributed by atoms with van der Waals surface area (Å²) in [5.74, 6) is 5.55. The van der Waals surface area contributed by atoms with Crippen molar-refractivity contribution in [3.63, 3.8) is 0 Å². The van der Waals surface area contributed by atoms with E-state index < -0.39 is 10.0 Å². The van der Waals surface area contributed by atoms with Gasteiger partial charge in [-0.1, -0.05) is 30.4 Å². The number of rotatable bonds is 4. The van der Waals surface area contributed by atoms with Gasteiger partial charge in [-0.05, 0) is 24.6 Å². The molecule has 0 aliphatic carbocycles. The molecule has 1 aromatic carbocycles. The third-order valence-electron chi connectivity index (χ3n) is 2.04. The Morgan fingerprint density at radius 2 is 2.17 bits per heavy atom. The molecule has 0 spiro atoms. The Bertz CT molecular complexity index is 573. The highest BCUT2D eigenvalue weighted by Crippen LogP contribution is 2.20. The average Bonchev–Trinajstić information content (AvgIpc) is 2.29. The van der Waals surface area contributed by atoms with E-state index in [1.165, 1.54) is 0 Å². The van der Waals surface area contributed by atoms with Crippen molar-refractivity contribution in [1.29, 1.82) is 0 Å². The van der Waals surface area contributed by atoms with Crippen molar-refractivity contribution in [2.45, 2.75) is 13.3 Å². The molecule has 0 unspecified atom stereocenters. The van der Waals surface area contributed by atoms with E-state index in [-0.39, 0.29) is 12.3 Å². The zero-order valence-corrected chi connectivity index (χ0v) is 11.6. The Morgan fingerprint density at radius 3 is 2.78 bits per heavy atom. The average molecular weight is 287 g/mol. The quantitative estimate of drug-likeness (QED) is 0.829. The molecule has 1 aromatic rings. The zero-order chi connectivity index (χ0) is 13.6. The summed E-state index contributed by atoms with van der Waals surface area (Å²) in [4.78, 5) is 0. The predicted molar refractivity (Wildman–Crippen MR) is 75.1 cm³/mol. The highest BCUT2D eigenvalue weighted by Gasteiger charge is 2.09. The van der Waals surface area contributed by atoms with Gasteiger partial charge < -0.3 is 5.73 Å². The molecular weight excluding hydrogens is 272 g/mol. The van der Waals surface area contributed by atoms with Crippen molar-refractivity contribution in [3.8, 4) is 11.8 Å². The summed E-state index contributed by atoms with van der Waals surface area (Å²) in [6, 6.07) is 4.80. The van der Waals surface area contributed by atoms with Crippen LogP contribution in [-0.2, 0) is 10.0 Å². The van der Waals surface area contributed by atoms with E-state index in [0.29, 0.717) is 22.7 Å². The van der Waals surface area contributed by atoms with E-state index in [1.54, 1.807) is 25.1 Å². The summed E-state index contributed by atoms with van der Waals surface area (Å²) in [5, 5.41) is 0.467. The van der Waals surface area contributed by atoms with Crippen LogP contribution in [0.3, 0.4) is 0 Å². The third-order valence-corrected chi connectivity index (χ3v) is 3.86. The Labute approximate surface area is 113 Å². The first-order chi connectivity index (χ1) is 8.48. The molecule has 1 rings (SSSR count). The lowest BCUT2D eigenvalue weighted by molar-refractivity contribution is 0.600. The Morgan fingerprint density at radius 1 is 1.44 bits per heavy atom. The van der Waals surface area contributed by atoms with Crippen molar-refractivity contribution in [1.82, 2.24) is 0 Å². The van der Waals surface area contributed by atoms with Crippen LogP contribution < -0.4 is 10.5 Å². The highest BCUT2D eigenvalue weighted by molar-refractivity contribution is 7.92. The number of benzene rings is 1. The molecule has 0 bridgehead atoms. The molecule has 6 heteroatoms. The summed E-state index contributed by atoms with van der Waals surface area (Å²) < 4.78 is 25.7. The van der Waals surface area contributed by atoms with E-state index in [0.717, 1.165) is 0 Å². The van der Waals surface area contributed by atoms with E-state index in [2.05, 4.69) is 16.6 Å². The van der Waals surface area contributed by atoms with Gasteiger partial charge in [-0.15, -0.1) is 0 Å². The first-order valence-electron chi connectivity index (χ1n) is 5.47. The standard InChI is InChI=1S/C12H15ClN2O2S/c1-2-8-18(16,17)15-11-5-6-12(13)10(9-11)4-3-7-14/h5-6,9,15H,2,7-8,14H2,1H3. The van der Waals surface area contributed by atoms with Crippen LogP contribution in [0.4, 0.5) is 5.69 Å². The van der Waals surface area contributed by atoms with Gasteiger partial charge in [0.1, 0.15) is 0 Å². The Kier molecular flexibility index (Phi) is 5.48. The Balaban J connectivity index is 2.99. The molecule has 0 fully saturated rings. The maximum absolute atomic E-state index is 11.6. The van der Waals surface area contributed by atoms with Gasteiger partial charge >= 0.3 is 0 Å². The maximum Gasteiger partial charge on any atom is 0.232 e. The molecule has 0 saturated heterocycles. The van der Waals surface area contributed by atoms with E-state index in [1.807, 2.05) is 0 Å². The SMILES string of the molecule is CCCS(=O)(=O)Nc1ccc(Cl)c(C#CCN)c1. The third kappa shape index (κ3) is 4.57. The molecule has 0 heterocycles. The minimum absolute atomic E-state index is 0.0828. The smallest absolute Gasteiger partial charge is 0.232 e. The molecule has 0 aromatic heterocycles. The summed E-state index contributed by atoms with van der Waals surface area (Å²) in [6.45, 7) is 2.03. The molecule has 98 valence electrons. The minimum Gasteiger partial charge on any atom is -0.320 e. The van der Waals surface area contributed by atoms with Crippen LogP contribution >= 0.6 is 11.6 Å². The number of hydrogen-bond donors (Lipinski definition) is 2. The number of nitrogens with one attached hydrogen (secondary N) is 1. The summed E-state index contributed by atoms with van der Waals surface area (Å²) in [5.41, 5.74) is 6.28. The van der Waals surface area contributed by atoms with Crippen LogP contribution in [0.25, 0.3) is 0 Å². The molecule has 3 N–H and O–H groups in total. The second kappa shape index (κ2) is 6.64. The molecule has 0 amide bonds. The van der Waals surface area contributed by atoms with Gasteiger partial charge in [0.05, 0.1) is 17.3 Å². The van der Waals surface area contributed by atoms with Crippen LogP contribution in [0.5, 0.6) is 0 Å². The molecule has 0 saturated carbocycles. The monoisotopic (exact) mass is 286 g/mol. The van der Waals surface area contributed by atoms with Gasteiger partial charge in [-0.2, -0.15) is 0 Å². The van der Waals surface area contributed by atoms with E-state index in [9.17, 15) is 8.42 Å². The van der Waals surface area contributed by atoms with Crippen molar-refractivity contribution in [2.75, 3.05) is 17.0 Å². The lowest BCUT2D eigenvalue weighted by Gasteiger charge is -2.07. The molecule has 0 aliphatic rings. The fourth-order valence-electron chi connectivity index (χ4n) is 1.33. The highest BCUT2D eigenvalue weighted by atomic mass is 35.5. The summed E-state index contributed by atoms with van der Waals surface area (Å²) >= 11 is 5.94. The van der Waals surface area contributed by atoms with Crippen LogP contribution in [0.2, 0.25) is 5.02 Å². The van der Waals surface area contributed by atoms with Crippen LogP contribution in [0.1, 0.15) is 18.9 Å². The molecule has 4 nitrogen and oxygen atoms in total. The van der Waals surface area contributed by atoms with Crippen molar-refractivity contribution >= 4 is 27.3 Å². The van der Waals surface area contributed by atoms with E-state index in [4.69, 9.17) is 17.3 Å². The zero-order valence-electron chi connectivity index (χ0n) is 10.0. The van der Waals surface area contributed by atoms with E-state index >= 15 is 0 Å². The van der Waals surface area contributed by atoms with Crippen LogP contribution in [0, 0.1) is 11.8 Å². The normalized spacial score (nSPS) is 10.6. The first-order valence-corrected chi connectivity index (χ1v) is 7.50. The number of hydrogen-bond acceptors (Lipinski definition) is 3. The van der Waals surface area contributed by atoms with Gasteiger partial charge in [0.2, 0.25) is 10.0 Å². The lowest BCUT2D eigenvalue weighted by Crippen LogP contribution is -2.16. The van der Waals surface area contributed by atoms with Crippen molar-refractivity contribution in [3.05, 3.63) is 28.8 Å². The summed E-state index contributed by atoms with van der Waals surface area (Å²) in [7, 11) is -3.30. The number of halogens is 1. The first kappa shape index (κ1) is 14.8. The topological polar surface area (TPSA) is 72.2 Å². The number of anilines is 1. The largest absolute Gasteiger partial charge is 0.320 e. The second-order valence-electron chi connectivity index (χ2n) is 3.62. The fourth-order valence-corrected chi connectivity index (χ4v) is 2.62. The number of nitrogens with two attached hydrogens (primary N) is 1. The second-order valence-corrected chi connectivity index (χ2v) is 5.87. The minimum atomic E-state index is -3.30. The Hall–Kier alpha value is -1.22. The molecule has 0 aliphatic heterocycles. The van der Waals surface area contributed by atoms with Gasteiger partial charge in [-0.25, -0.2) is 8.42 Å². The van der Waals surface area contributed by atoms with Crippen molar-refractivity contribution in [2.24, 2.45) is 5.73 Å². The molecule has 18 heavy (non-hydrogen) atoms. The number of sulfonamides is 1. The maximum atomic E-state index is 11.6. The van der Waals surface area contributed by atoms with Crippen molar-refractivity contribution < 1.29 is 8.42 Å². The van der Waals surface area contributed by atoms with Gasteiger partial charge in [-0.3, -0.25) is 4.72 Å². The molecular formula is C12H15ClN2O2S. The molecule has 0 atom stereocenters. The van der Waals surface area contributed by atoms with Crippen LogP contribution in [-0.4, -0.2) is 20.7 Å². The van der Waals surface area contributed by atoms with Gasteiger partial charge in [0.25, 0.3) is 0 Å². The predicted octanol–water partition coefficient (Wildman–Crippen LogP) is 1.80. The summed E-state index contributed by atoms with van der Waals surface area (Å²) in [6.07, 6.45) is 0.558. The molecule has 0 radical (unpaired) electrons. The van der Waals surface area contributed by atoms with Gasteiger partial charge in [0, 0.05) is 11.3 Å². The van der Waals surface area contributed by atoms with Crippen LogP contribution in [0.15, 0.2) is 18.2 Å².